The zero-order valence-corrected chi connectivity index (χ0v) is 29.5. The lowest BCUT2D eigenvalue weighted by molar-refractivity contribution is 0.654. The van der Waals surface area contributed by atoms with E-state index in [4.69, 9.17) is 14.4 Å². The van der Waals surface area contributed by atoms with Crippen molar-refractivity contribution in [3.63, 3.8) is 0 Å². The maximum Gasteiger partial charge on any atom is 0.246 e. The highest BCUT2D eigenvalue weighted by Crippen LogP contribution is 2.39. The van der Waals surface area contributed by atoms with E-state index >= 15 is 0 Å². The summed E-state index contributed by atoms with van der Waals surface area (Å²) in [5, 5.41) is 8.23. The van der Waals surface area contributed by atoms with Crippen molar-refractivity contribution < 1.29 is 4.42 Å². The minimum absolute atomic E-state index is 0.548. The number of para-hydroxylation sites is 3. The molecule has 0 aliphatic rings. The lowest BCUT2D eigenvalue weighted by Crippen LogP contribution is -1.94. The second kappa shape index (κ2) is 11.5. The molecule has 8 aromatic carbocycles. The van der Waals surface area contributed by atoms with Crippen molar-refractivity contribution in [1.29, 1.82) is 0 Å². The average molecular weight is 703 g/mol. The van der Waals surface area contributed by atoms with Crippen molar-refractivity contribution in [2.75, 3.05) is 0 Å². The zero-order chi connectivity index (χ0) is 36.0. The Labute approximate surface area is 315 Å². The molecule has 0 saturated heterocycles. The van der Waals surface area contributed by atoms with E-state index in [0.717, 1.165) is 55.4 Å². The van der Waals surface area contributed by atoms with Gasteiger partial charge in [0, 0.05) is 38.5 Å². The highest BCUT2D eigenvalue weighted by Gasteiger charge is 2.17. The minimum Gasteiger partial charge on any atom is -0.436 e. The highest BCUT2D eigenvalue weighted by molar-refractivity contribution is 6.17. The number of aromatic nitrogens is 4. The van der Waals surface area contributed by atoms with E-state index in [1.807, 2.05) is 18.3 Å². The van der Waals surface area contributed by atoms with Crippen LogP contribution in [0, 0.1) is 0 Å². The fourth-order valence-corrected chi connectivity index (χ4v) is 8.66. The first-order valence-electron chi connectivity index (χ1n) is 18.6. The van der Waals surface area contributed by atoms with Gasteiger partial charge in [-0.2, -0.15) is 0 Å². The second-order valence-corrected chi connectivity index (χ2v) is 14.2. The van der Waals surface area contributed by atoms with Crippen molar-refractivity contribution in [1.82, 2.24) is 19.1 Å². The third kappa shape index (κ3) is 4.47. The molecule has 0 aliphatic carbocycles. The Kier molecular flexibility index (Phi) is 6.27. The molecular formula is C50H30N4O. The van der Waals surface area contributed by atoms with Crippen LogP contribution in [0.1, 0.15) is 0 Å². The molecule has 0 aliphatic heterocycles. The van der Waals surface area contributed by atoms with Gasteiger partial charge in [-0.05, 0) is 88.6 Å². The monoisotopic (exact) mass is 702 g/mol. The number of fused-ring (bicyclic) bond motifs is 11. The molecule has 5 nitrogen and oxygen atoms in total. The largest absolute Gasteiger partial charge is 0.436 e. The number of hydrogen-bond donors (Lipinski definition) is 0. The summed E-state index contributed by atoms with van der Waals surface area (Å²) in [7, 11) is 0. The van der Waals surface area contributed by atoms with Crippen LogP contribution in [0.4, 0.5) is 0 Å². The quantitative estimate of drug-likeness (QED) is 0.183. The van der Waals surface area contributed by atoms with E-state index in [1.165, 1.54) is 49.2 Å². The molecule has 0 unspecified atom stereocenters. The topological polar surface area (TPSA) is 48.8 Å². The Balaban J connectivity index is 0.947. The van der Waals surface area contributed by atoms with E-state index in [9.17, 15) is 0 Å². The number of hydrogen-bond acceptors (Lipinski definition) is 3. The van der Waals surface area contributed by atoms with Crippen LogP contribution in [-0.4, -0.2) is 19.1 Å². The molecule has 0 spiro atoms. The molecule has 0 radical (unpaired) electrons. The molecule has 55 heavy (non-hydrogen) atoms. The highest BCUT2D eigenvalue weighted by atomic mass is 16.3. The van der Waals surface area contributed by atoms with Crippen LogP contribution in [0.5, 0.6) is 0 Å². The normalized spacial score (nSPS) is 12.0. The molecule has 256 valence electrons. The summed E-state index contributed by atoms with van der Waals surface area (Å²) >= 11 is 0. The fourth-order valence-electron chi connectivity index (χ4n) is 8.66. The summed E-state index contributed by atoms with van der Waals surface area (Å²) in [6.45, 7) is 0. The summed E-state index contributed by atoms with van der Waals surface area (Å²) in [5.74, 6) is 0. The van der Waals surface area contributed by atoms with Gasteiger partial charge in [-0.15, -0.1) is 0 Å². The zero-order valence-electron chi connectivity index (χ0n) is 29.5. The maximum absolute atomic E-state index is 6.22. The third-order valence-electron chi connectivity index (χ3n) is 11.2. The van der Waals surface area contributed by atoms with E-state index < -0.39 is 0 Å². The second-order valence-electron chi connectivity index (χ2n) is 14.2. The van der Waals surface area contributed by atoms with Gasteiger partial charge in [0.1, 0.15) is 11.1 Å². The lowest BCUT2D eigenvalue weighted by atomic mass is 10.0. The third-order valence-corrected chi connectivity index (χ3v) is 11.2. The summed E-state index contributed by atoms with van der Waals surface area (Å²) in [6.07, 6.45) is 1.85. The van der Waals surface area contributed by atoms with Gasteiger partial charge in [0.2, 0.25) is 5.71 Å². The van der Waals surface area contributed by atoms with Gasteiger partial charge in [-0.3, -0.25) is 0 Å². The van der Waals surface area contributed by atoms with E-state index in [-0.39, 0.29) is 0 Å². The van der Waals surface area contributed by atoms with Crippen LogP contribution in [0.25, 0.3) is 110 Å². The van der Waals surface area contributed by atoms with Gasteiger partial charge in [-0.25, -0.2) is 9.97 Å². The Morgan fingerprint density at radius 2 is 0.964 bits per heavy atom. The van der Waals surface area contributed by atoms with Gasteiger partial charge in [0.05, 0.1) is 39.3 Å². The molecule has 0 saturated carbocycles. The molecule has 4 heterocycles. The summed E-state index contributed by atoms with van der Waals surface area (Å²) in [5.41, 5.74) is 13.3. The summed E-state index contributed by atoms with van der Waals surface area (Å²) in [4.78, 5) is 9.80. The van der Waals surface area contributed by atoms with Gasteiger partial charge in [0.25, 0.3) is 0 Å². The Hall–Kier alpha value is -7.50. The first-order valence-corrected chi connectivity index (χ1v) is 18.6. The van der Waals surface area contributed by atoms with Crippen LogP contribution in [0.15, 0.2) is 187 Å². The molecule has 5 heteroatoms. The summed E-state index contributed by atoms with van der Waals surface area (Å²) < 4.78 is 10.9. The molecule has 0 N–H and O–H groups in total. The van der Waals surface area contributed by atoms with Crippen LogP contribution in [-0.2, 0) is 0 Å². The Bertz CT molecular complexity index is 3480. The SMILES string of the molecule is c1ccc(-n2c3ccccc3c3cc(-c4ccc5c(c4)c4ccccc4n5-c4ccc(-c5cnc6c(n5)oc5ccc7ccccc7c56)cc4)ccc32)cc1. The molecular weight excluding hydrogens is 673 g/mol. The van der Waals surface area contributed by atoms with Crippen LogP contribution in [0.2, 0.25) is 0 Å². The van der Waals surface area contributed by atoms with Crippen molar-refractivity contribution in [2.24, 2.45) is 0 Å². The minimum atomic E-state index is 0.548. The molecule has 0 atom stereocenters. The lowest BCUT2D eigenvalue weighted by Gasteiger charge is -2.10. The van der Waals surface area contributed by atoms with Crippen molar-refractivity contribution in [3.8, 4) is 33.8 Å². The van der Waals surface area contributed by atoms with Gasteiger partial charge in [0.15, 0.2) is 0 Å². The number of furan rings is 1. The summed E-state index contributed by atoms with van der Waals surface area (Å²) in [6, 6.07) is 62.7. The Morgan fingerprint density at radius 1 is 0.418 bits per heavy atom. The van der Waals surface area contributed by atoms with Crippen LogP contribution >= 0.6 is 0 Å². The Morgan fingerprint density at radius 3 is 1.64 bits per heavy atom. The fraction of sp³-hybridized carbons (Fsp3) is 0. The van der Waals surface area contributed by atoms with Gasteiger partial charge in [-0.1, -0.05) is 109 Å². The molecule has 0 amide bonds. The van der Waals surface area contributed by atoms with Gasteiger partial charge < -0.3 is 13.6 Å². The van der Waals surface area contributed by atoms with E-state index in [1.54, 1.807) is 0 Å². The predicted molar refractivity (Wildman–Crippen MR) is 226 cm³/mol. The molecule has 0 fully saturated rings. The van der Waals surface area contributed by atoms with Gasteiger partial charge >= 0.3 is 0 Å². The standard InChI is InChI=1S/C50H30N4O/c1-2-11-35(12-3-1)53-43-16-8-6-14-38(43)40-28-33(20-25-45(40)53)34-21-26-46-41(29-34)39-15-7-9-17-44(39)54(46)36-23-18-32(19-24-36)42-30-51-49-48-37-13-5-4-10-31(37)22-27-47(48)55-50(49)52-42/h1-30H. The van der Waals surface area contributed by atoms with Crippen LogP contribution < -0.4 is 0 Å². The first-order chi connectivity index (χ1) is 27.3. The van der Waals surface area contributed by atoms with Crippen molar-refractivity contribution in [2.45, 2.75) is 0 Å². The average Bonchev–Trinajstić information content (AvgIpc) is 3.91. The van der Waals surface area contributed by atoms with E-state index in [2.05, 4.69) is 173 Å². The first kappa shape index (κ1) is 30.0. The molecule has 12 aromatic rings. The maximum atomic E-state index is 6.22. The van der Waals surface area contributed by atoms with Crippen molar-refractivity contribution >= 4 is 76.6 Å². The van der Waals surface area contributed by atoms with Crippen molar-refractivity contribution in [3.05, 3.63) is 182 Å². The predicted octanol–water partition coefficient (Wildman–Crippen LogP) is 13.1. The molecule has 12 rings (SSSR count). The van der Waals surface area contributed by atoms with Crippen LogP contribution in [0.3, 0.4) is 0 Å². The molecule has 0 bridgehead atoms. The van der Waals surface area contributed by atoms with E-state index in [0.29, 0.717) is 5.71 Å². The number of rotatable bonds is 4. The number of benzene rings is 8. The smallest absolute Gasteiger partial charge is 0.246 e. The molecule has 4 aromatic heterocycles. The number of nitrogens with zero attached hydrogens (tertiary/aromatic N) is 4.